The first-order chi connectivity index (χ1) is 12.2. The highest BCUT2D eigenvalue weighted by atomic mass is 35.5. The maximum Gasteiger partial charge on any atom is 0.228 e. The first-order valence-corrected chi connectivity index (χ1v) is 9.11. The van der Waals surface area contributed by atoms with Crippen molar-refractivity contribution in [2.45, 2.75) is 32.6 Å². The van der Waals surface area contributed by atoms with Crippen molar-refractivity contribution in [3.8, 4) is 11.5 Å². The maximum atomic E-state index is 12.6. The Kier molecular flexibility index (Phi) is 9.84. The van der Waals surface area contributed by atoms with Gasteiger partial charge in [0, 0.05) is 18.7 Å². The van der Waals surface area contributed by atoms with Crippen LogP contribution in [0.25, 0.3) is 11.5 Å². The van der Waals surface area contributed by atoms with Crippen molar-refractivity contribution in [3.63, 3.8) is 0 Å². The molecular weight excluding hydrogens is 385 g/mol. The number of piperidine rings is 1. The smallest absolute Gasteiger partial charge is 0.228 e. The van der Waals surface area contributed by atoms with Crippen molar-refractivity contribution in [2.75, 3.05) is 26.7 Å². The van der Waals surface area contributed by atoms with Crippen LogP contribution in [0.1, 0.15) is 30.7 Å². The van der Waals surface area contributed by atoms with Crippen LogP contribution in [-0.2, 0) is 11.2 Å². The third-order valence-electron chi connectivity index (χ3n) is 5.00. The number of hydrogen-bond donors (Lipinski definition) is 1. The van der Waals surface area contributed by atoms with E-state index in [1.807, 2.05) is 49.2 Å². The average molecular weight is 414 g/mol. The molecule has 0 atom stereocenters. The summed E-state index contributed by atoms with van der Waals surface area (Å²) in [4.78, 5) is 19.1. The lowest BCUT2D eigenvalue weighted by Crippen LogP contribution is -2.39. The number of benzene rings is 1. The Morgan fingerprint density at radius 3 is 2.52 bits per heavy atom. The predicted octanol–water partition coefficient (Wildman–Crippen LogP) is 3.88. The van der Waals surface area contributed by atoms with E-state index >= 15 is 0 Å². The van der Waals surface area contributed by atoms with E-state index in [-0.39, 0.29) is 30.7 Å². The van der Waals surface area contributed by atoms with Crippen molar-refractivity contribution < 1.29 is 9.21 Å². The van der Waals surface area contributed by atoms with E-state index in [4.69, 9.17) is 4.42 Å². The van der Waals surface area contributed by atoms with Crippen LogP contribution in [-0.4, -0.2) is 42.5 Å². The highest BCUT2D eigenvalue weighted by Gasteiger charge is 2.24. The molecule has 0 saturated carbocycles. The number of likely N-dealkylation sites (tertiary alicyclic amines) is 1. The van der Waals surface area contributed by atoms with Gasteiger partial charge in [-0.15, -0.1) is 24.8 Å². The van der Waals surface area contributed by atoms with Crippen LogP contribution in [0.3, 0.4) is 0 Å². The molecule has 7 heteroatoms. The molecule has 1 aromatic heterocycles. The van der Waals surface area contributed by atoms with Crippen LogP contribution >= 0.6 is 24.8 Å². The highest BCUT2D eigenvalue weighted by molar-refractivity contribution is 5.85. The average Bonchev–Trinajstić information content (AvgIpc) is 3.01. The van der Waals surface area contributed by atoms with E-state index in [0.717, 1.165) is 55.4 Å². The zero-order valence-corrected chi connectivity index (χ0v) is 17.6. The summed E-state index contributed by atoms with van der Waals surface area (Å²) < 4.78 is 5.76. The third kappa shape index (κ3) is 6.23. The van der Waals surface area contributed by atoms with Crippen molar-refractivity contribution in [2.24, 2.45) is 5.92 Å². The number of nitrogens with zero attached hydrogens (tertiary/aromatic N) is 2. The van der Waals surface area contributed by atoms with Crippen LogP contribution in [0.4, 0.5) is 0 Å². The molecule has 0 bridgehead atoms. The molecule has 1 saturated heterocycles. The lowest BCUT2D eigenvalue weighted by molar-refractivity contribution is -0.131. The van der Waals surface area contributed by atoms with Gasteiger partial charge in [0.2, 0.25) is 11.8 Å². The van der Waals surface area contributed by atoms with E-state index in [1.165, 1.54) is 6.42 Å². The van der Waals surface area contributed by atoms with Crippen LogP contribution in [0.5, 0.6) is 0 Å². The molecule has 0 unspecified atom stereocenters. The Morgan fingerprint density at radius 2 is 1.89 bits per heavy atom. The summed E-state index contributed by atoms with van der Waals surface area (Å²) in [5, 5.41) is 3.20. The van der Waals surface area contributed by atoms with Gasteiger partial charge in [0.15, 0.2) is 0 Å². The van der Waals surface area contributed by atoms with E-state index < -0.39 is 0 Å². The Morgan fingerprint density at radius 1 is 1.22 bits per heavy atom. The van der Waals surface area contributed by atoms with Gasteiger partial charge in [-0.25, -0.2) is 4.98 Å². The number of oxazole rings is 1. The second kappa shape index (κ2) is 11.3. The Labute approximate surface area is 173 Å². The van der Waals surface area contributed by atoms with Gasteiger partial charge in [-0.05, 0) is 57.8 Å². The zero-order valence-electron chi connectivity index (χ0n) is 15.9. The van der Waals surface area contributed by atoms with Gasteiger partial charge >= 0.3 is 0 Å². The van der Waals surface area contributed by atoms with Crippen LogP contribution in [0.15, 0.2) is 34.7 Å². The molecule has 1 aliphatic heterocycles. The quantitative estimate of drug-likeness (QED) is 0.780. The summed E-state index contributed by atoms with van der Waals surface area (Å²) in [6.45, 7) is 4.65. The Bertz CT molecular complexity index is 699. The molecule has 0 aliphatic carbocycles. The summed E-state index contributed by atoms with van der Waals surface area (Å²) in [7, 11) is 1.99. The monoisotopic (exact) mass is 413 g/mol. The molecule has 5 nitrogen and oxygen atoms in total. The van der Waals surface area contributed by atoms with Gasteiger partial charge in [0.1, 0.15) is 5.76 Å². The van der Waals surface area contributed by atoms with Crippen molar-refractivity contribution in [1.29, 1.82) is 0 Å². The minimum atomic E-state index is 0. The van der Waals surface area contributed by atoms with Gasteiger partial charge in [-0.2, -0.15) is 0 Å². The molecule has 150 valence electrons. The number of amides is 1. The molecule has 2 aromatic rings. The number of aromatic nitrogens is 1. The number of aryl methyl sites for hydroxylation is 1. The summed E-state index contributed by atoms with van der Waals surface area (Å²) in [6, 6.07) is 9.80. The fourth-order valence-corrected chi connectivity index (χ4v) is 3.37. The zero-order chi connectivity index (χ0) is 17.6. The summed E-state index contributed by atoms with van der Waals surface area (Å²) in [6.07, 6.45) is 3.71. The fourth-order valence-electron chi connectivity index (χ4n) is 3.37. The number of carbonyl (C=O) groups is 1. The van der Waals surface area contributed by atoms with Crippen LogP contribution in [0, 0.1) is 12.8 Å². The standard InChI is InChI=1S/C20H27N3O2.2ClH/c1-15-18(22-20(25-15)17-6-4-3-5-7-17)14-19(24)23-12-9-16(10-13-23)8-11-21-2;;/h3-7,16,21H,8-14H2,1-2H3;2*1H. The van der Waals surface area contributed by atoms with E-state index in [2.05, 4.69) is 10.3 Å². The number of rotatable bonds is 6. The lowest BCUT2D eigenvalue weighted by atomic mass is 9.93. The molecular formula is C20H29Cl2N3O2. The Hall–Kier alpha value is -1.56. The molecule has 1 aliphatic rings. The van der Waals surface area contributed by atoms with Gasteiger partial charge in [-0.3, -0.25) is 4.79 Å². The van der Waals surface area contributed by atoms with Crippen LogP contribution in [0.2, 0.25) is 0 Å². The normalized spacial score (nSPS) is 14.4. The maximum absolute atomic E-state index is 12.6. The number of hydrogen-bond acceptors (Lipinski definition) is 4. The summed E-state index contributed by atoms with van der Waals surface area (Å²) in [5.41, 5.74) is 1.69. The topological polar surface area (TPSA) is 58.4 Å². The van der Waals surface area contributed by atoms with E-state index in [9.17, 15) is 4.79 Å². The first-order valence-electron chi connectivity index (χ1n) is 9.11. The van der Waals surface area contributed by atoms with E-state index in [0.29, 0.717) is 12.3 Å². The van der Waals surface area contributed by atoms with Gasteiger partial charge in [0.25, 0.3) is 0 Å². The first kappa shape index (κ1) is 23.5. The summed E-state index contributed by atoms with van der Waals surface area (Å²) >= 11 is 0. The SMILES string of the molecule is CNCCC1CCN(C(=O)Cc2nc(-c3ccccc3)oc2C)CC1.Cl.Cl. The molecule has 0 radical (unpaired) electrons. The molecule has 27 heavy (non-hydrogen) atoms. The number of nitrogens with one attached hydrogen (secondary N) is 1. The predicted molar refractivity (Wildman–Crippen MR) is 113 cm³/mol. The fraction of sp³-hybridized carbons (Fsp3) is 0.500. The van der Waals surface area contributed by atoms with Gasteiger partial charge < -0.3 is 14.6 Å². The molecule has 1 N–H and O–H groups in total. The number of carbonyl (C=O) groups excluding carboxylic acids is 1. The molecule has 0 spiro atoms. The summed E-state index contributed by atoms with van der Waals surface area (Å²) in [5.74, 6) is 2.21. The second-order valence-corrected chi connectivity index (χ2v) is 6.78. The third-order valence-corrected chi connectivity index (χ3v) is 5.00. The molecule has 1 amide bonds. The lowest BCUT2D eigenvalue weighted by Gasteiger charge is -2.32. The Balaban J connectivity index is 0.00000182. The number of halogens is 2. The van der Waals surface area contributed by atoms with Crippen LogP contribution < -0.4 is 5.32 Å². The van der Waals surface area contributed by atoms with Crippen molar-refractivity contribution in [3.05, 3.63) is 41.8 Å². The van der Waals surface area contributed by atoms with E-state index in [1.54, 1.807) is 0 Å². The van der Waals surface area contributed by atoms with Gasteiger partial charge in [0.05, 0.1) is 12.1 Å². The van der Waals surface area contributed by atoms with Crippen molar-refractivity contribution in [1.82, 2.24) is 15.2 Å². The largest absolute Gasteiger partial charge is 0.441 e. The molecule has 1 aromatic carbocycles. The molecule has 3 rings (SSSR count). The molecule has 2 heterocycles. The molecule has 1 fully saturated rings. The minimum Gasteiger partial charge on any atom is -0.441 e. The van der Waals surface area contributed by atoms with Gasteiger partial charge in [-0.1, -0.05) is 18.2 Å². The van der Waals surface area contributed by atoms with Crippen molar-refractivity contribution >= 4 is 30.7 Å². The second-order valence-electron chi connectivity index (χ2n) is 6.78. The highest BCUT2D eigenvalue weighted by Crippen LogP contribution is 2.24. The minimum absolute atomic E-state index is 0.